The van der Waals surface area contributed by atoms with E-state index in [1.54, 1.807) is 0 Å². The molecule has 11 heteroatoms. The van der Waals surface area contributed by atoms with Crippen LogP contribution < -0.4 is 0 Å². The predicted molar refractivity (Wildman–Crippen MR) is 91.9 cm³/mol. The van der Waals surface area contributed by atoms with Crippen LogP contribution in [-0.4, -0.2) is 32.7 Å². The molecule has 0 bridgehead atoms. The number of hydrogen-bond donors (Lipinski definition) is 0. The van der Waals surface area contributed by atoms with Crippen molar-refractivity contribution in [3.05, 3.63) is 52.4 Å². The van der Waals surface area contributed by atoms with E-state index in [1.165, 1.54) is 4.90 Å². The molecule has 1 aromatic heterocycles. The number of aromatic nitrogens is 2. The van der Waals surface area contributed by atoms with E-state index >= 15 is 0 Å². The van der Waals surface area contributed by atoms with Crippen LogP contribution >= 0.6 is 0 Å². The van der Waals surface area contributed by atoms with Gasteiger partial charge in [-0.2, -0.15) is 13.2 Å². The van der Waals surface area contributed by atoms with Crippen molar-refractivity contribution in [1.82, 2.24) is 14.5 Å². The molecule has 0 saturated carbocycles. The Morgan fingerprint density at radius 2 is 1.73 bits per heavy atom. The number of fused-ring (bicyclic) bond motifs is 1. The first-order valence-electron chi connectivity index (χ1n) is 9.07. The third-order valence-electron chi connectivity index (χ3n) is 4.87. The zero-order valence-electron chi connectivity index (χ0n) is 15.8. The van der Waals surface area contributed by atoms with Gasteiger partial charge in [-0.15, -0.1) is 0 Å². The highest BCUT2D eigenvalue weighted by Crippen LogP contribution is 2.32. The molecule has 1 amide bonds. The molecule has 0 radical (unpaired) electrons. The maximum absolute atomic E-state index is 13.7. The minimum absolute atomic E-state index is 0.0118. The Morgan fingerprint density at radius 3 is 2.37 bits per heavy atom. The molecule has 5 nitrogen and oxygen atoms in total. The first-order valence-corrected chi connectivity index (χ1v) is 9.07. The van der Waals surface area contributed by atoms with E-state index < -0.39 is 41.1 Å². The summed E-state index contributed by atoms with van der Waals surface area (Å²) in [6.07, 6.45) is -4.70. The monoisotopic (exact) mass is 433 g/mol. The summed E-state index contributed by atoms with van der Waals surface area (Å²) in [5.41, 5.74) is -0.392. The zero-order valence-corrected chi connectivity index (χ0v) is 15.8. The highest BCUT2D eigenvalue weighted by molar-refractivity contribution is 5.93. The van der Waals surface area contributed by atoms with Crippen LogP contribution in [0, 0.1) is 17.5 Å². The van der Waals surface area contributed by atoms with Crippen molar-refractivity contribution >= 4 is 11.7 Å². The van der Waals surface area contributed by atoms with Gasteiger partial charge in [0.05, 0.1) is 12.2 Å². The molecule has 2 aromatic rings. The van der Waals surface area contributed by atoms with E-state index in [4.69, 9.17) is 0 Å². The second-order valence-electron chi connectivity index (χ2n) is 6.96. The number of carbonyl (C=O) groups is 2. The maximum Gasteiger partial charge on any atom is 0.449 e. The Bertz CT molecular complexity index is 999. The van der Waals surface area contributed by atoms with Crippen LogP contribution in [0.4, 0.5) is 26.3 Å². The molecular formula is C19H17F6N3O2. The third kappa shape index (κ3) is 4.34. The van der Waals surface area contributed by atoms with Crippen molar-refractivity contribution in [2.24, 2.45) is 0 Å². The summed E-state index contributed by atoms with van der Waals surface area (Å²) in [4.78, 5) is 28.9. The molecule has 1 aliphatic heterocycles. The Hall–Kier alpha value is -2.85. The number of imidazole rings is 1. The predicted octanol–water partition coefficient (Wildman–Crippen LogP) is 3.89. The number of aryl methyl sites for hydroxylation is 1. The summed E-state index contributed by atoms with van der Waals surface area (Å²) < 4.78 is 80.3. The molecule has 0 fully saturated rings. The number of ketones is 1. The average molecular weight is 433 g/mol. The lowest BCUT2D eigenvalue weighted by Gasteiger charge is -2.29. The number of hydrogen-bond acceptors (Lipinski definition) is 3. The Morgan fingerprint density at radius 1 is 1.07 bits per heavy atom. The van der Waals surface area contributed by atoms with Gasteiger partial charge in [0.25, 0.3) is 0 Å². The van der Waals surface area contributed by atoms with Crippen LogP contribution in [0.5, 0.6) is 0 Å². The van der Waals surface area contributed by atoms with Gasteiger partial charge in [0, 0.05) is 32.5 Å². The molecule has 0 unspecified atom stereocenters. The quantitative estimate of drug-likeness (QED) is 0.409. The number of benzene rings is 1. The molecule has 1 aromatic carbocycles. The molecule has 0 spiro atoms. The Labute approximate surface area is 167 Å². The minimum Gasteiger partial charge on any atom is -0.335 e. The molecular weight excluding hydrogens is 416 g/mol. The number of halogens is 6. The summed E-state index contributed by atoms with van der Waals surface area (Å²) in [5, 5.41) is 0. The molecule has 0 saturated heterocycles. The van der Waals surface area contributed by atoms with E-state index in [2.05, 4.69) is 4.98 Å². The van der Waals surface area contributed by atoms with E-state index in [0.29, 0.717) is 6.07 Å². The summed E-state index contributed by atoms with van der Waals surface area (Å²) in [6.45, 7) is 0.701. The number of alkyl halides is 3. The summed E-state index contributed by atoms with van der Waals surface area (Å²) in [5.74, 6) is -5.65. The SMILES string of the molecule is CC(=O)c1nc(C(F)(F)F)n2c1CN(C(=O)CCCc1cc(F)c(F)cc1F)CC2. The first kappa shape index (κ1) is 21.8. The molecule has 30 heavy (non-hydrogen) atoms. The highest BCUT2D eigenvalue weighted by Gasteiger charge is 2.41. The zero-order chi connectivity index (χ0) is 22.2. The van der Waals surface area contributed by atoms with Crippen LogP contribution in [0.25, 0.3) is 0 Å². The van der Waals surface area contributed by atoms with E-state index in [-0.39, 0.29) is 55.8 Å². The summed E-state index contributed by atoms with van der Waals surface area (Å²) >= 11 is 0. The normalized spacial score (nSPS) is 14.0. The van der Waals surface area contributed by atoms with Crippen molar-refractivity contribution in [3.8, 4) is 0 Å². The number of carbonyl (C=O) groups excluding carboxylic acids is 2. The second kappa shape index (κ2) is 8.11. The molecule has 162 valence electrons. The van der Waals surface area contributed by atoms with E-state index in [0.717, 1.165) is 17.6 Å². The van der Waals surface area contributed by atoms with Gasteiger partial charge in [0.1, 0.15) is 11.5 Å². The molecule has 0 N–H and O–H groups in total. The van der Waals surface area contributed by atoms with Crippen LogP contribution in [-0.2, 0) is 30.5 Å². The van der Waals surface area contributed by atoms with Crippen LogP contribution in [0.1, 0.15) is 47.3 Å². The maximum atomic E-state index is 13.7. The Balaban J connectivity index is 1.68. The fourth-order valence-corrected chi connectivity index (χ4v) is 3.42. The Kier molecular flexibility index (Phi) is 5.91. The van der Waals surface area contributed by atoms with Gasteiger partial charge in [-0.05, 0) is 24.5 Å². The largest absolute Gasteiger partial charge is 0.449 e. The van der Waals surface area contributed by atoms with Gasteiger partial charge in [0.2, 0.25) is 11.7 Å². The molecule has 3 rings (SSSR count). The lowest BCUT2D eigenvalue weighted by molar-refractivity contribution is -0.148. The second-order valence-corrected chi connectivity index (χ2v) is 6.96. The lowest BCUT2D eigenvalue weighted by Crippen LogP contribution is -2.39. The van der Waals surface area contributed by atoms with Crippen LogP contribution in [0.2, 0.25) is 0 Å². The van der Waals surface area contributed by atoms with Gasteiger partial charge in [0.15, 0.2) is 17.4 Å². The van der Waals surface area contributed by atoms with E-state index in [1.807, 2.05) is 0 Å². The standard InChI is InChI=1S/C19H17F6N3O2/c1-10(29)17-15-9-27(5-6-28(15)18(26-17)19(23,24)25)16(30)4-2-3-11-7-13(21)14(22)8-12(11)20/h7-8H,2-6,9H2,1H3. The lowest BCUT2D eigenvalue weighted by atomic mass is 10.1. The average Bonchev–Trinajstić information content (AvgIpc) is 3.05. The van der Waals surface area contributed by atoms with Crippen molar-refractivity contribution in [2.45, 2.75) is 45.5 Å². The summed E-state index contributed by atoms with van der Waals surface area (Å²) in [6, 6.07) is 1.16. The molecule has 2 heterocycles. The number of nitrogens with zero attached hydrogens (tertiary/aromatic N) is 3. The number of rotatable bonds is 5. The summed E-state index contributed by atoms with van der Waals surface area (Å²) in [7, 11) is 0. The van der Waals surface area contributed by atoms with Crippen molar-refractivity contribution in [3.63, 3.8) is 0 Å². The number of Topliss-reactive ketones (excluding diaryl/α,β-unsaturated/α-hetero) is 1. The topological polar surface area (TPSA) is 55.2 Å². The van der Waals surface area contributed by atoms with Crippen molar-refractivity contribution in [1.29, 1.82) is 0 Å². The fourth-order valence-electron chi connectivity index (χ4n) is 3.42. The molecule has 1 aliphatic rings. The fraction of sp³-hybridized carbons (Fsp3) is 0.421. The molecule has 0 aliphatic carbocycles. The van der Waals surface area contributed by atoms with Crippen LogP contribution in [0.3, 0.4) is 0 Å². The number of amides is 1. The van der Waals surface area contributed by atoms with Crippen molar-refractivity contribution < 1.29 is 35.9 Å². The smallest absolute Gasteiger partial charge is 0.335 e. The van der Waals surface area contributed by atoms with Gasteiger partial charge >= 0.3 is 6.18 Å². The third-order valence-corrected chi connectivity index (χ3v) is 4.87. The van der Waals surface area contributed by atoms with Crippen LogP contribution in [0.15, 0.2) is 12.1 Å². The van der Waals surface area contributed by atoms with Gasteiger partial charge in [-0.1, -0.05) is 0 Å². The minimum atomic E-state index is -4.73. The first-order chi connectivity index (χ1) is 14.0. The van der Waals surface area contributed by atoms with Gasteiger partial charge in [-0.25, -0.2) is 18.2 Å². The molecule has 0 atom stereocenters. The van der Waals surface area contributed by atoms with E-state index in [9.17, 15) is 35.9 Å². The highest BCUT2D eigenvalue weighted by atomic mass is 19.4. The van der Waals surface area contributed by atoms with Gasteiger partial charge < -0.3 is 9.47 Å². The van der Waals surface area contributed by atoms with Crippen molar-refractivity contribution in [2.75, 3.05) is 6.54 Å². The van der Waals surface area contributed by atoms with Gasteiger partial charge in [-0.3, -0.25) is 9.59 Å².